The number of nitrogens with zero attached hydrogens (tertiary/aromatic N) is 5. The average Bonchev–Trinajstić information content (AvgIpc) is 3.56. The summed E-state index contributed by atoms with van der Waals surface area (Å²) in [5.41, 5.74) is 3.48. The van der Waals surface area contributed by atoms with Crippen molar-refractivity contribution in [1.29, 1.82) is 0 Å². The fourth-order valence-electron chi connectivity index (χ4n) is 3.97. The van der Waals surface area contributed by atoms with E-state index in [1.165, 1.54) is 18.9 Å². The van der Waals surface area contributed by atoms with E-state index in [4.69, 9.17) is 9.36 Å². The molecule has 1 fully saturated rings. The van der Waals surface area contributed by atoms with Crippen LogP contribution in [0.4, 0.5) is 0 Å². The van der Waals surface area contributed by atoms with Crippen molar-refractivity contribution in [2.75, 3.05) is 13.7 Å². The number of benzene rings is 2. The summed E-state index contributed by atoms with van der Waals surface area (Å²) in [5, 5.41) is 9.08. The van der Waals surface area contributed by atoms with Crippen molar-refractivity contribution >= 4 is 23.4 Å². The predicted molar refractivity (Wildman–Crippen MR) is 133 cm³/mol. The molecule has 4 aromatic rings. The number of likely N-dealkylation sites (tertiary alicyclic amines) is 1. The van der Waals surface area contributed by atoms with E-state index in [0.29, 0.717) is 36.0 Å². The number of hydrogen-bond acceptors (Lipinski definition) is 8. The molecular formula is C26H23N5O3S. The van der Waals surface area contributed by atoms with Crippen LogP contribution in [0.25, 0.3) is 11.1 Å². The second kappa shape index (κ2) is 10.5. The Morgan fingerprint density at radius 2 is 1.86 bits per heavy atom. The van der Waals surface area contributed by atoms with Crippen LogP contribution < -0.4 is 0 Å². The van der Waals surface area contributed by atoms with Gasteiger partial charge in [-0.2, -0.15) is 4.98 Å². The van der Waals surface area contributed by atoms with Gasteiger partial charge in [0.05, 0.1) is 23.0 Å². The first kappa shape index (κ1) is 22.8. The van der Waals surface area contributed by atoms with Crippen molar-refractivity contribution in [3.05, 3.63) is 96.3 Å². The SMILES string of the molecule is CO/N=C1\CC(c2nc(CSc3ccccn3)no2)N(C(=O)c2ccc(-c3ccccc3)cc2)C1. The molecule has 0 spiro atoms. The minimum absolute atomic E-state index is 0.126. The Morgan fingerprint density at radius 1 is 1.09 bits per heavy atom. The van der Waals surface area contributed by atoms with E-state index in [1.807, 2.05) is 72.8 Å². The van der Waals surface area contributed by atoms with Crippen molar-refractivity contribution in [3.63, 3.8) is 0 Å². The molecule has 8 nitrogen and oxygen atoms in total. The molecule has 0 aliphatic carbocycles. The Balaban J connectivity index is 1.34. The lowest BCUT2D eigenvalue weighted by Crippen LogP contribution is -2.31. The number of thioether (sulfide) groups is 1. The molecule has 2 aromatic heterocycles. The lowest BCUT2D eigenvalue weighted by molar-refractivity contribution is 0.0713. The molecule has 5 rings (SSSR count). The van der Waals surface area contributed by atoms with Gasteiger partial charge >= 0.3 is 0 Å². The van der Waals surface area contributed by atoms with Crippen LogP contribution in [0.3, 0.4) is 0 Å². The number of aromatic nitrogens is 3. The zero-order chi connectivity index (χ0) is 24.0. The Morgan fingerprint density at radius 3 is 2.60 bits per heavy atom. The molecule has 0 N–H and O–H groups in total. The number of hydrogen-bond donors (Lipinski definition) is 0. The number of pyridine rings is 1. The predicted octanol–water partition coefficient (Wildman–Crippen LogP) is 5.01. The normalized spacial score (nSPS) is 16.5. The van der Waals surface area contributed by atoms with E-state index in [9.17, 15) is 4.79 Å². The van der Waals surface area contributed by atoms with Gasteiger partial charge in [-0.05, 0) is 35.4 Å². The molecule has 1 amide bonds. The number of carbonyl (C=O) groups is 1. The van der Waals surface area contributed by atoms with Crippen molar-refractivity contribution in [1.82, 2.24) is 20.0 Å². The van der Waals surface area contributed by atoms with E-state index >= 15 is 0 Å². The highest BCUT2D eigenvalue weighted by molar-refractivity contribution is 7.98. The fraction of sp³-hybridized carbons (Fsp3) is 0.192. The van der Waals surface area contributed by atoms with E-state index in [-0.39, 0.29) is 5.91 Å². The number of oxime groups is 1. The maximum atomic E-state index is 13.5. The monoisotopic (exact) mass is 485 g/mol. The third-order valence-electron chi connectivity index (χ3n) is 5.63. The molecule has 9 heteroatoms. The molecule has 1 atom stereocenters. The maximum absolute atomic E-state index is 13.5. The molecule has 1 aliphatic rings. The van der Waals surface area contributed by atoms with Gasteiger partial charge in [0.1, 0.15) is 13.2 Å². The van der Waals surface area contributed by atoms with Gasteiger partial charge in [0.25, 0.3) is 5.91 Å². The number of amides is 1. The Bertz CT molecular complexity index is 1310. The highest BCUT2D eigenvalue weighted by Crippen LogP contribution is 2.32. The van der Waals surface area contributed by atoms with Gasteiger partial charge in [-0.25, -0.2) is 4.98 Å². The largest absolute Gasteiger partial charge is 0.399 e. The zero-order valence-corrected chi connectivity index (χ0v) is 19.9. The van der Waals surface area contributed by atoms with Gasteiger partial charge in [0.2, 0.25) is 5.89 Å². The lowest BCUT2D eigenvalue weighted by Gasteiger charge is -2.21. The molecule has 1 unspecified atom stereocenters. The van der Waals surface area contributed by atoms with Gasteiger partial charge < -0.3 is 14.3 Å². The Hall–Kier alpha value is -3.98. The summed E-state index contributed by atoms with van der Waals surface area (Å²) in [6.45, 7) is 0.332. The third kappa shape index (κ3) is 5.25. The molecular weight excluding hydrogens is 462 g/mol. The summed E-state index contributed by atoms with van der Waals surface area (Å²) in [6, 6.07) is 23.0. The van der Waals surface area contributed by atoms with Gasteiger partial charge in [-0.1, -0.05) is 70.6 Å². The maximum Gasteiger partial charge on any atom is 0.254 e. The molecule has 0 bridgehead atoms. The topological polar surface area (TPSA) is 93.7 Å². The first-order valence-corrected chi connectivity index (χ1v) is 12.1. The standard InChI is InChI=1S/C26H23N5O3S/c1-33-29-21-15-22(25-28-23(30-34-25)17-35-24-9-5-6-14-27-24)31(16-21)26(32)20-12-10-19(11-13-20)18-7-3-2-4-8-18/h2-14,22H,15-17H2,1H3/b29-21+. The van der Waals surface area contributed by atoms with Crippen molar-refractivity contribution in [3.8, 4) is 11.1 Å². The Labute approximate surface area is 207 Å². The zero-order valence-electron chi connectivity index (χ0n) is 19.1. The fourth-order valence-corrected chi connectivity index (χ4v) is 4.67. The van der Waals surface area contributed by atoms with Gasteiger partial charge in [-0.15, -0.1) is 0 Å². The van der Waals surface area contributed by atoms with Gasteiger partial charge in [0.15, 0.2) is 5.82 Å². The van der Waals surface area contributed by atoms with Crippen molar-refractivity contribution in [2.45, 2.75) is 23.2 Å². The van der Waals surface area contributed by atoms with Crippen LogP contribution in [0.2, 0.25) is 0 Å². The second-order valence-corrected chi connectivity index (χ2v) is 8.94. The summed E-state index contributed by atoms with van der Waals surface area (Å²) in [5.74, 6) is 1.32. The first-order valence-electron chi connectivity index (χ1n) is 11.1. The van der Waals surface area contributed by atoms with Crippen LogP contribution in [0.1, 0.15) is 34.5 Å². The molecule has 0 saturated carbocycles. The Kier molecular flexibility index (Phi) is 6.85. The highest BCUT2D eigenvalue weighted by Gasteiger charge is 2.38. The van der Waals surface area contributed by atoms with Crippen molar-refractivity contribution in [2.24, 2.45) is 5.16 Å². The van der Waals surface area contributed by atoms with E-state index in [0.717, 1.165) is 21.9 Å². The van der Waals surface area contributed by atoms with Crippen LogP contribution in [-0.2, 0) is 10.6 Å². The van der Waals surface area contributed by atoms with E-state index in [2.05, 4.69) is 20.3 Å². The second-order valence-electron chi connectivity index (χ2n) is 7.94. The van der Waals surface area contributed by atoms with E-state index in [1.54, 1.807) is 11.1 Å². The van der Waals surface area contributed by atoms with Crippen LogP contribution in [0, 0.1) is 0 Å². The quantitative estimate of drug-likeness (QED) is 0.268. The summed E-state index contributed by atoms with van der Waals surface area (Å²) in [7, 11) is 1.49. The van der Waals surface area contributed by atoms with Gasteiger partial charge in [-0.3, -0.25) is 4.79 Å². The van der Waals surface area contributed by atoms with Crippen LogP contribution in [-0.4, -0.2) is 45.3 Å². The van der Waals surface area contributed by atoms with Crippen LogP contribution in [0.15, 0.2) is 93.7 Å². The van der Waals surface area contributed by atoms with Crippen LogP contribution in [0.5, 0.6) is 0 Å². The molecule has 3 heterocycles. The number of rotatable bonds is 7. The van der Waals surface area contributed by atoms with Gasteiger partial charge in [0, 0.05) is 18.2 Å². The molecule has 1 saturated heterocycles. The average molecular weight is 486 g/mol. The molecule has 176 valence electrons. The first-order chi connectivity index (χ1) is 17.2. The summed E-state index contributed by atoms with van der Waals surface area (Å²) in [6.07, 6.45) is 2.21. The molecule has 35 heavy (non-hydrogen) atoms. The lowest BCUT2D eigenvalue weighted by atomic mass is 10.0. The van der Waals surface area contributed by atoms with Crippen molar-refractivity contribution < 1.29 is 14.2 Å². The smallest absolute Gasteiger partial charge is 0.254 e. The molecule has 0 radical (unpaired) electrons. The highest BCUT2D eigenvalue weighted by atomic mass is 32.2. The minimum Gasteiger partial charge on any atom is -0.399 e. The third-order valence-corrected chi connectivity index (χ3v) is 6.57. The molecule has 1 aliphatic heterocycles. The number of carbonyl (C=O) groups excluding carboxylic acids is 1. The molecule has 2 aromatic carbocycles. The summed E-state index contributed by atoms with van der Waals surface area (Å²) >= 11 is 1.52. The van der Waals surface area contributed by atoms with Crippen LogP contribution >= 0.6 is 11.8 Å². The minimum atomic E-state index is -0.411. The summed E-state index contributed by atoms with van der Waals surface area (Å²) in [4.78, 5) is 29.0. The van der Waals surface area contributed by atoms with E-state index < -0.39 is 6.04 Å². The summed E-state index contributed by atoms with van der Waals surface area (Å²) < 4.78 is 5.57.